The first-order valence-electron chi connectivity index (χ1n) is 6.07. The van der Waals surface area contributed by atoms with E-state index in [2.05, 4.69) is 15.3 Å². The zero-order chi connectivity index (χ0) is 13.8. The molecular weight excluding hydrogens is 224 g/mol. The van der Waals surface area contributed by atoms with Crippen LogP contribution in [-0.4, -0.2) is 9.97 Å². The Balaban J connectivity index is 0.00000137. The number of nitrogens with zero attached hydrogens (tertiary/aromatic N) is 2. The molecule has 0 aliphatic heterocycles. The van der Waals surface area contributed by atoms with Gasteiger partial charge in [0.2, 0.25) is 5.95 Å². The van der Waals surface area contributed by atoms with Crippen LogP contribution >= 0.6 is 0 Å². The van der Waals surface area contributed by atoms with Crippen LogP contribution in [0.5, 0.6) is 0 Å². The van der Waals surface area contributed by atoms with Gasteiger partial charge in [0.15, 0.2) is 0 Å². The van der Waals surface area contributed by atoms with Gasteiger partial charge in [0.25, 0.3) is 0 Å². The van der Waals surface area contributed by atoms with Crippen molar-refractivity contribution in [3.05, 3.63) is 48.3 Å². The molecule has 0 radical (unpaired) electrons. The lowest BCUT2D eigenvalue weighted by atomic mass is 10.3. The minimum absolute atomic E-state index is 0.260. The van der Waals surface area contributed by atoms with Gasteiger partial charge in [0, 0.05) is 11.9 Å². The van der Waals surface area contributed by atoms with Gasteiger partial charge < -0.3 is 11.1 Å². The van der Waals surface area contributed by atoms with Gasteiger partial charge in [-0.3, -0.25) is 0 Å². The van der Waals surface area contributed by atoms with E-state index in [0.29, 0.717) is 5.82 Å². The lowest BCUT2D eigenvalue weighted by Gasteiger charge is -2.05. The Labute approximate surface area is 109 Å². The van der Waals surface area contributed by atoms with Crippen LogP contribution in [0.3, 0.4) is 0 Å². The summed E-state index contributed by atoms with van der Waals surface area (Å²) in [4.78, 5) is 7.89. The second-order valence-electron chi connectivity index (χ2n) is 3.07. The molecule has 1 rings (SSSR count). The van der Waals surface area contributed by atoms with Crippen molar-refractivity contribution in [1.29, 1.82) is 0 Å². The normalized spacial score (nSPS) is 11.4. The van der Waals surface area contributed by atoms with Crippen LogP contribution in [-0.2, 0) is 0 Å². The minimum Gasteiger partial charge on any atom is -0.368 e. The number of anilines is 2. The number of nitrogens with one attached hydrogen (secondary N) is 1. The van der Waals surface area contributed by atoms with E-state index in [1.54, 1.807) is 12.3 Å². The number of nitrogens with two attached hydrogens (primary N) is 1. The largest absolute Gasteiger partial charge is 0.368 e. The average molecular weight is 246 g/mol. The van der Waals surface area contributed by atoms with Crippen molar-refractivity contribution in [3.8, 4) is 0 Å². The highest BCUT2D eigenvalue weighted by atomic mass is 15.1. The molecule has 18 heavy (non-hydrogen) atoms. The van der Waals surface area contributed by atoms with E-state index in [9.17, 15) is 0 Å². The molecule has 4 nitrogen and oxygen atoms in total. The van der Waals surface area contributed by atoms with Crippen LogP contribution in [0.1, 0.15) is 27.7 Å². The summed E-state index contributed by atoms with van der Waals surface area (Å²) in [5.74, 6) is 0.942. The van der Waals surface area contributed by atoms with E-state index >= 15 is 0 Å². The van der Waals surface area contributed by atoms with Crippen molar-refractivity contribution in [2.45, 2.75) is 27.7 Å². The molecule has 0 atom stereocenters. The van der Waals surface area contributed by atoms with Crippen LogP contribution in [0.4, 0.5) is 11.8 Å². The van der Waals surface area contributed by atoms with Gasteiger partial charge in [0.1, 0.15) is 5.82 Å². The number of nitrogen functional groups attached to an aromatic ring is 1. The van der Waals surface area contributed by atoms with Crippen LogP contribution in [0.2, 0.25) is 0 Å². The second-order valence-corrected chi connectivity index (χ2v) is 3.07. The summed E-state index contributed by atoms with van der Waals surface area (Å²) >= 11 is 0. The standard InChI is InChI=1S/C12H16N4.C2H6/c1-3-5-7-10(6-4-2)15-11-8-9-14-12(13)16-11;1-2/h3-9H,1-2H3,(H3,13,14,15,16);1-2H3/b5-3-,6-4-,10-7+;. The number of aromatic nitrogens is 2. The van der Waals surface area contributed by atoms with Crippen molar-refractivity contribution < 1.29 is 0 Å². The predicted molar refractivity (Wildman–Crippen MR) is 79.1 cm³/mol. The van der Waals surface area contributed by atoms with Crippen molar-refractivity contribution in [2.75, 3.05) is 11.1 Å². The van der Waals surface area contributed by atoms with E-state index in [4.69, 9.17) is 5.73 Å². The molecule has 0 unspecified atom stereocenters. The topological polar surface area (TPSA) is 63.8 Å². The molecule has 0 bridgehead atoms. The van der Waals surface area contributed by atoms with Crippen molar-refractivity contribution >= 4 is 11.8 Å². The Hall–Kier alpha value is -2.10. The predicted octanol–water partition coefficient (Wildman–Crippen LogP) is 3.53. The lowest BCUT2D eigenvalue weighted by molar-refractivity contribution is 1.18. The third-order valence-corrected chi connectivity index (χ3v) is 1.76. The molecule has 0 saturated heterocycles. The van der Waals surface area contributed by atoms with Gasteiger partial charge in [-0.2, -0.15) is 4.98 Å². The molecule has 98 valence electrons. The van der Waals surface area contributed by atoms with Crippen LogP contribution in [0, 0.1) is 0 Å². The van der Waals surface area contributed by atoms with E-state index in [-0.39, 0.29) is 5.95 Å². The molecule has 0 aliphatic rings. The first kappa shape index (κ1) is 15.9. The van der Waals surface area contributed by atoms with Crippen LogP contribution < -0.4 is 11.1 Å². The second kappa shape index (κ2) is 10.1. The maximum absolute atomic E-state index is 5.49. The molecule has 1 aromatic heterocycles. The summed E-state index contributed by atoms with van der Waals surface area (Å²) in [5.41, 5.74) is 6.44. The molecule has 0 saturated carbocycles. The van der Waals surface area contributed by atoms with Crippen molar-refractivity contribution in [1.82, 2.24) is 9.97 Å². The number of allylic oxidation sites excluding steroid dienone is 5. The van der Waals surface area contributed by atoms with Crippen molar-refractivity contribution in [2.24, 2.45) is 0 Å². The smallest absolute Gasteiger partial charge is 0.221 e. The van der Waals surface area contributed by atoms with E-state index in [1.807, 2.05) is 58.1 Å². The molecule has 1 heterocycles. The van der Waals surface area contributed by atoms with Gasteiger partial charge in [-0.25, -0.2) is 4.98 Å². The first-order valence-corrected chi connectivity index (χ1v) is 6.07. The maximum atomic E-state index is 5.49. The van der Waals surface area contributed by atoms with Crippen molar-refractivity contribution in [3.63, 3.8) is 0 Å². The zero-order valence-electron chi connectivity index (χ0n) is 11.5. The fourth-order valence-electron chi connectivity index (χ4n) is 1.11. The zero-order valence-corrected chi connectivity index (χ0v) is 11.5. The Morgan fingerprint density at radius 1 is 1.28 bits per heavy atom. The average Bonchev–Trinajstić information content (AvgIpc) is 2.39. The molecule has 0 aliphatic carbocycles. The highest BCUT2D eigenvalue weighted by Gasteiger charge is 1.96. The number of hydrogen-bond donors (Lipinski definition) is 2. The summed E-state index contributed by atoms with van der Waals surface area (Å²) < 4.78 is 0. The summed E-state index contributed by atoms with van der Waals surface area (Å²) in [7, 11) is 0. The SMILES string of the molecule is CC.C\C=C/C=C(\C=C/C)Nc1ccnc(N)n1. The summed E-state index contributed by atoms with van der Waals surface area (Å²) in [6, 6.07) is 1.77. The quantitative estimate of drug-likeness (QED) is 0.798. The molecule has 3 N–H and O–H groups in total. The van der Waals surface area contributed by atoms with E-state index in [0.717, 1.165) is 5.70 Å². The molecule has 4 heteroatoms. The molecule has 0 amide bonds. The Bertz CT molecular complexity index is 420. The summed E-state index contributed by atoms with van der Waals surface area (Å²) in [6.45, 7) is 7.92. The summed E-state index contributed by atoms with van der Waals surface area (Å²) in [6.07, 6.45) is 11.4. The van der Waals surface area contributed by atoms with E-state index < -0.39 is 0 Å². The van der Waals surface area contributed by atoms with Crippen LogP contribution in [0.15, 0.2) is 48.3 Å². The van der Waals surface area contributed by atoms with Gasteiger partial charge >= 0.3 is 0 Å². The highest BCUT2D eigenvalue weighted by molar-refractivity contribution is 5.47. The maximum Gasteiger partial charge on any atom is 0.221 e. The Kier molecular flexibility index (Phi) is 8.90. The van der Waals surface area contributed by atoms with Crippen LogP contribution in [0.25, 0.3) is 0 Å². The van der Waals surface area contributed by atoms with Gasteiger partial charge in [-0.15, -0.1) is 0 Å². The fraction of sp³-hybridized carbons (Fsp3) is 0.286. The molecule has 0 fully saturated rings. The van der Waals surface area contributed by atoms with Gasteiger partial charge in [-0.1, -0.05) is 32.1 Å². The first-order chi connectivity index (χ1) is 8.76. The lowest BCUT2D eigenvalue weighted by Crippen LogP contribution is -2.02. The minimum atomic E-state index is 0.260. The molecular formula is C14H22N4. The third-order valence-electron chi connectivity index (χ3n) is 1.76. The highest BCUT2D eigenvalue weighted by Crippen LogP contribution is 2.08. The summed E-state index contributed by atoms with van der Waals surface area (Å²) in [5, 5.41) is 3.15. The Morgan fingerprint density at radius 2 is 2.00 bits per heavy atom. The number of hydrogen-bond acceptors (Lipinski definition) is 4. The molecule has 1 aromatic rings. The van der Waals surface area contributed by atoms with Gasteiger partial charge in [-0.05, 0) is 32.1 Å². The number of rotatable bonds is 4. The Morgan fingerprint density at radius 3 is 2.56 bits per heavy atom. The van der Waals surface area contributed by atoms with Gasteiger partial charge in [0.05, 0.1) is 0 Å². The molecule has 0 aromatic carbocycles. The molecule has 0 spiro atoms. The van der Waals surface area contributed by atoms with E-state index in [1.165, 1.54) is 0 Å². The monoisotopic (exact) mass is 246 g/mol. The fourth-order valence-corrected chi connectivity index (χ4v) is 1.11. The third kappa shape index (κ3) is 6.48.